The predicted molar refractivity (Wildman–Crippen MR) is 110 cm³/mol. The van der Waals surface area contributed by atoms with E-state index < -0.39 is 0 Å². The van der Waals surface area contributed by atoms with Crippen molar-refractivity contribution < 1.29 is 14.3 Å². The SMILES string of the molecule is Cc1oc(-c2ccccc2)nc1CCOc1ccc(Cc2sc(=O)[nH]c2O)cn1. The fourth-order valence-electron chi connectivity index (χ4n) is 2.87. The number of aromatic hydroxyl groups is 1. The first-order valence-electron chi connectivity index (χ1n) is 9.09. The molecule has 3 heterocycles. The summed E-state index contributed by atoms with van der Waals surface area (Å²) in [6.07, 6.45) is 2.72. The minimum Gasteiger partial charge on any atom is -0.494 e. The van der Waals surface area contributed by atoms with Gasteiger partial charge in [-0.15, -0.1) is 0 Å². The van der Waals surface area contributed by atoms with E-state index in [1.165, 1.54) is 0 Å². The molecule has 148 valence electrons. The summed E-state index contributed by atoms with van der Waals surface area (Å²) in [6, 6.07) is 13.4. The third-order valence-corrected chi connectivity index (χ3v) is 5.24. The van der Waals surface area contributed by atoms with Crippen LogP contribution in [0.25, 0.3) is 11.5 Å². The van der Waals surface area contributed by atoms with Gasteiger partial charge in [0.15, 0.2) is 0 Å². The molecule has 0 saturated heterocycles. The number of thiazole rings is 1. The molecule has 0 radical (unpaired) electrons. The zero-order chi connectivity index (χ0) is 20.2. The molecule has 0 unspecified atom stereocenters. The summed E-state index contributed by atoms with van der Waals surface area (Å²) in [5, 5.41) is 9.66. The highest BCUT2D eigenvalue weighted by atomic mass is 32.1. The fourth-order valence-corrected chi connectivity index (χ4v) is 3.63. The highest BCUT2D eigenvalue weighted by molar-refractivity contribution is 7.09. The Labute approximate surface area is 170 Å². The molecule has 0 fully saturated rings. The Morgan fingerprint density at radius 2 is 2.03 bits per heavy atom. The molecule has 2 N–H and O–H groups in total. The summed E-state index contributed by atoms with van der Waals surface area (Å²) in [7, 11) is 0. The molecular weight excluding hydrogens is 390 g/mol. The van der Waals surface area contributed by atoms with Gasteiger partial charge in [-0.05, 0) is 24.6 Å². The molecule has 4 rings (SSSR count). The van der Waals surface area contributed by atoms with Crippen LogP contribution in [0.3, 0.4) is 0 Å². The second-order valence-corrected chi connectivity index (χ2v) is 7.52. The molecule has 0 atom stereocenters. The van der Waals surface area contributed by atoms with Crippen LogP contribution >= 0.6 is 11.3 Å². The number of rotatable bonds is 7. The number of hydrogen-bond acceptors (Lipinski definition) is 7. The lowest BCUT2D eigenvalue weighted by Crippen LogP contribution is -2.04. The predicted octanol–water partition coefficient (Wildman–Crippen LogP) is 3.71. The van der Waals surface area contributed by atoms with Crippen molar-refractivity contribution in [3.8, 4) is 23.2 Å². The summed E-state index contributed by atoms with van der Waals surface area (Å²) in [6.45, 7) is 2.32. The Morgan fingerprint density at radius 1 is 1.21 bits per heavy atom. The van der Waals surface area contributed by atoms with Crippen LogP contribution in [0.4, 0.5) is 0 Å². The van der Waals surface area contributed by atoms with Crippen molar-refractivity contribution in [2.45, 2.75) is 19.8 Å². The largest absolute Gasteiger partial charge is 0.494 e. The average Bonchev–Trinajstić information content (AvgIpc) is 3.25. The molecule has 0 aliphatic heterocycles. The molecule has 0 aliphatic rings. The number of benzene rings is 1. The number of pyridine rings is 1. The second kappa shape index (κ2) is 8.32. The molecule has 4 aromatic rings. The van der Waals surface area contributed by atoms with Crippen molar-refractivity contribution in [1.82, 2.24) is 15.0 Å². The topological polar surface area (TPSA) is 101 Å². The second-order valence-electron chi connectivity index (χ2n) is 6.45. The van der Waals surface area contributed by atoms with Crippen LogP contribution < -0.4 is 9.61 Å². The van der Waals surface area contributed by atoms with Crippen LogP contribution in [0.1, 0.15) is 21.9 Å². The van der Waals surface area contributed by atoms with E-state index in [4.69, 9.17) is 9.15 Å². The number of aromatic amines is 1. The molecule has 0 bridgehead atoms. The molecule has 0 aliphatic carbocycles. The van der Waals surface area contributed by atoms with E-state index in [0.29, 0.717) is 36.1 Å². The maximum atomic E-state index is 11.3. The van der Waals surface area contributed by atoms with E-state index in [0.717, 1.165) is 33.9 Å². The van der Waals surface area contributed by atoms with Gasteiger partial charge in [0.25, 0.3) is 0 Å². The normalized spacial score (nSPS) is 10.9. The zero-order valence-corrected chi connectivity index (χ0v) is 16.5. The van der Waals surface area contributed by atoms with Crippen molar-refractivity contribution in [2.75, 3.05) is 6.61 Å². The van der Waals surface area contributed by atoms with Crippen LogP contribution in [0.2, 0.25) is 0 Å². The Bertz CT molecular complexity index is 1150. The summed E-state index contributed by atoms with van der Waals surface area (Å²) in [4.78, 5) is 22.8. The van der Waals surface area contributed by atoms with Crippen molar-refractivity contribution in [3.05, 3.63) is 80.2 Å². The van der Waals surface area contributed by atoms with E-state index in [2.05, 4.69) is 15.0 Å². The fraction of sp³-hybridized carbons (Fsp3) is 0.190. The highest BCUT2D eigenvalue weighted by Crippen LogP contribution is 2.22. The van der Waals surface area contributed by atoms with Crippen LogP contribution in [-0.2, 0) is 12.8 Å². The Balaban J connectivity index is 1.33. The van der Waals surface area contributed by atoms with Gasteiger partial charge < -0.3 is 14.3 Å². The molecule has 29 heavy (non-hydrogen) atoms. The third kappa shape index (κ3) is 4.55. The lowest BCUT2D eigenvalue weighted by Gasteiger charge is -2.05. The smallest absolute Gasteiger partial charge is 0.307 e. The van der Waals surface area contributed by atoms with Crippen molar-refractivity contribution in [1.29, 1.82) is 0 Å². The zero-order valence-electron chi connectivity index (χ0n) is 15.7. The molecule has 1 aromatic carbocycles. The van der Waals surface area contributed by atoms with Crippen LogP contribution in [0.15, 0.2) is 57.9 Å². The van der Waals surface area contributed by atoms with Gasteiger partial charge in [-0.3, -0.25) is 9.78 Å². The molecular formula is C21H19N3O4S. The van der Waals surface area contributed by atoms with Gasteiger partial charge in [0.2, 0.25) is 17.7 Å². The molecule has 0 saturated carbocycles. The molecule has 8 heteroatoms. The number of ether oxygens (including phenoxy) is 1. The van der Waals surface area contributed by atoms with Crippen LogP contribution in [0, 0.1) is 6.92 Å². The van der Waals surface area contributed by atoms with E-state index >= 15 is 0 Å². The number of oxazole rings is 1. The Hall–Kier alpha value is -3.39. The molecule has 0 spiro atoms. The lowest BCUT2D eigenvalue weighted by molar-refractivity contribution is 0.307. The molecule has 7 nitrogen and oxygen atoms in total. The maximum absolute atomic E-state index is 11.3. The van der Waals surface area contributed by atoms with E-state index in [1.54, 1.807) is 12.3 Å². The maximum Gasteiger partial charge on any atom is 0.307 e. The third-order valence-electron chi connectivity index (χ3n) is 4.36. The number of aryl methyl sites for hydroxylation is 1. The van der Waals surface area contributed by atoms with Gasteiger partial charge in [0, 0.05) is 30.7 Å². The van der Waals surface area contributed by atoms with Crippen molar-refractivity contribution in [3.63, 3.8) is 0 Å². The summed E-state index contributed by atoms with van der Waals surface area (Å²) < 4.78 is 11.5. The van der Waals surface area contributed by atoms with Crippen molar-refractivity contribution >= 4 is 11.3 Å². The average molecular weight is 409 g/mol. The van der Waals surface area contributed by atoms with Gasteiger partial charge in [0.05, 0.1) is 17.2 Å². The van der Waals surface area contributed by atoms with E-state index in [-0.39, 0.29) is 10.8 Å². The Morgan fingerprint density at radius 3 is 2.72 bits per heavy atom. The standard InChI is InChI=1S/C21H19N3O4S/c1-13-16(23-20(28-13)15-5-3-2-4-6-15)9-10-27-18-8-7-14(12-22-18)11-17-19(25)24-21(26)29-17/h2-8,12,25H,9-11H2,1H3,(H,24,26). The van der Waals surface area contributed by atoms with Gasteiger partial charge in [-0.25, -0.2) is 9.97 Å². The first-order chi connectivity index (χ1) is 14.1. The molecule has 3 aromatic heterocycles. The first-order valence-corrected chi connectivity index (χ1v) is 9.90. The first kappa shape index (κ1) is 18.9. The van der Waals surface area contributed by atoms with Gasteiger partial charge in [0.1, 0.15) is 5.76 Å². The summed E-state index contributed by atoms with van der Waals surface area (Å²) >= 11 is 0.991. The summed E-state index contributed by atoms with van der Waals surface area (Å²) in [5.74, 6) is 1.81. The lowest BCUT2D eigenvalue weighted by atomic mass is 10.2. The number of H-pyrrole nitrogens is 1. The number of aromatic nitrogens is 3. The minimum absolute atomic E-state index is 0.0850. The number of nitrogens with one attached hydrogen (secondary N) is 1. The van der Waals surface area contributed by atoms with Gasteiger partial charge >= 0.3 is 4.87 Å². The van der Waals surface area contributed by atoms with Crippen LogP contribution in [-0.4, -0.2) is 26.7 Å². The van der Waals surface area contributed by atoms with Gasteiger partial charge in [-0.1, -0.05) is 35.6 Å². The molecule has 0 amide bonds. The quantitative estimate of drug-likeness (QED) is 0.482. The Kier molecular flexibility index (Phi) is 5.44. The number of hydrogen-bond donors (Lipinski definition) is 2. The van der Waals surface area contributed by atoms with E-state index in [9.17, 15) is 9.90 Å². The summed E-state index contributed by atoms with van der Waals surface area (Å²) in [5.41, 5.74) is 2.68. The van der Waals surface area contributed by atoms with E-state index in [1.807, 2.05) is 43.3 Å². The van der Waals surface area contributed by atoms with Gasteiger partial charge in [-0.2, -0.15) is 0 Å². The van der Waals surface area contributed by atoms with Crippen LogP contribution in [0.5, 0.6) is 11.8 Å². The monoisotopic (exact) mass is 409 g/mol. The highest BCUT2D eigenvalue weighted by Gasteiger charge is 2.12. The minimum atomic E-state index is -0.274. The number of nitrogens with zero attached hydrogens (tertiary/aromatic N) is 2. The van der Waals surface area contributed by atoms with Crippen molar-refractivity contribution in [2.24, 2.45) is 0 Å².